The maximum Gasteiger partial charge on any atom is 0.240 e. The van der Waals surface area contributed by atoms with Gasteiger partial charge in [0.15, 0.2) is 5.96 Å². The molecule has 2 rings (SSSR count). The van der Waals surface area contributed by atoms with Gasteiger partial charge >= 0.3 is 0 Å². The molecular formula is C20H29IN4O3S. The predicted octanol–water partition coefficient (Wildman–Crippen LogP) is 2.82. The van der Waals surface area contributed by atoms with Crippen molar-refractivity contribution in [3.63, 3.8) is 0 Å². The van der Waals surface area contributed by atoms with Crippen LogP contribution in [0.15, 0.2) is 58.4 Å². The summed E-state index contributed by atoms with van der Waals surface area (Å²) in [7, 11) is 1.61. The molecule has 0 radical (unpaired) electrons. The number of methoxy groups -OCH3 is 1. The highest BCUT2D eigenvalue weighted by Crippen LogP contribution is 2.13. The molecule has 0 atom stereocenters. The molecule has 0 amide bonds. The Hall–Kier alpha value is -1.85. The molecule has 0 aliphatic rings. The topological polar surface area (TPSA) is 83.0 Å². The Morgan fingerprint density at radius 3 is 2.17 bits per heavy atom. The van der Waals surface area contributed by atoms with E-state index in [9.17, 15) is 8.42 Å². The molecule has 0 aliphatic heterocycles. The molecule has 0 bridgehead atoms. The van der Waals surface area contributed by atoms with Crippen molar-refractivity contribution < 1.29 is 13.2 Å². The van der Waals surface area contributed by atoms with Crippen LogP contribution < -0.4 is 14.8 Å². The third-order valence-corrected chi connectivity index (χ3v) is 5.62. The minimum atomic E-state index is -3.42. The van der Waals surface area contributed by atoms with Crippen LogP contribution in [0.1, 0.15) is 18.1 Å². The van der Waals surface area contributed by atoms with Crippen LogP contribution in [-0.4, -0.2) is 47.0 Å². The fourth-order valence-corrected chi connectivity index (χ4v) is 3.34. The lowest BCUT2D eigenvalue weighted by atomic mass is 10.2. The van der Waals surface area contributed by atoms with Crippen molar-refractivity contribution in [3.8, 4) is 5.75 Å². The van der Waals surface area contributed by atoms with Crippen molar-refractivity contribution in [2.75, 3.05) is 27.7 Å². The van der Waals surface area contributed by atoms with Crippen LogP contribution in [0.5, 0.6) is 5.75 Å². The Morgan fingerprint density at radius 2 is 1.66 bits per heavy atom. The molecular weight excluding hydrogens is 503 g/mol. The number of nitrogens with zero attached hydrogens (tertiary/aromatic N) is 2. The summed E-state index contributed by atoms with van der Waals surface area (Å²) in [6, 6.07) is 14.7. The van der Waals surface area contributed by atoms with Crippen molar-refractivity contribution in [2.45, 2.75) is 24.9 Å². The van der Waals surface area contributed by atoms with Crippen LogP contribution in [-0.2, 0) is 23.1 Å². The van der Waals surface area contributed by atoms with E-state index >= 15 is 0 Å². The number of ether oxygens (including phenoxy) is 1. The zero-order valence-electron chi connectivity index (χ0n) is 17.2. The standard InChI is InChI=1S/C20H28N4O3S.HI/c1-5-22-20(24(3)15-17-6-10-18(27-4)11-7-17)23-14-16-8-12-19(13-9-16)28(25,26)21-2;/h6-13,21H,5,14-15H2,1-4H3,(H,22,23);1H. The summed E-state index contributed by atoms with van der Waals surface area (Å²) in [4.78, 5) is 6.96. The van der Waals surface area contributed by atoms with Gasteiger partial charge < -0.3 is 15.0 Å². The van der Waals surface area contributed by atoms with Gasteiger partial charge in [-0.15, -0.1) is 24.0 Å². The van der Waals surface area contributed by atoms with Gasteiger partial charge in [0.25, 0.3) is 0 Å². The summed E-state index contributed by atoms with van der Waals surface area (Å²) in [5.74, 6) is 1.61. The zero-order valence-corrected chi connectivity index (χ0v) is 20.3. The molecule has 2 N–H and O–H groups in total. The molecule has 0 saturated carbocycles. The molecule has 2 aromatic carbocycles. The molecule has 0 aromatic heterocycles. The lowest BCUT2D eigenvalue weighted by Crippen LogP contribution is -2.38. The minimum Gasteiger partial charge on any atom is -0.497 e. The molecule has 7 nitrogen and oxygen atoms in total. The zero-order chi connectivity index (χ0) is 20.6. The second-order valence-electron chi connectivity index (χ2n) is 6.23. The van der Waals surface area contributed by atoms with E-state index < -0.39 is 10.0 Å². The molecule has 9 heteroatoms. The highest BCUT2D eigenvalue weighted by molar-refractivity contribution is 14.0. The van der Waals surface area contributed by atoms with Crippen LogP contribution in [0, 0.1) is 0 Å². The van der Waals surface area contributed by atoms with Crippen molar-refractivity contribution in [1.82, 2.24) is 14.9 Å². The first-order chi connectivity index (χ1) is 13.4. The van der Waals surface area contributed by atoms with Crippen LogP contribution in [0.4, 0.5) is 0 Å². The van der Waals surface area contributed by atoms with E-state index in [1.165, 1.54) is 7.05 Å². The fourth-order valence-electron chi connectivity index (χ4n) is 2.61. The number of benzene rings is 2. The number of sulfonamides is 1. The monoisotopic (exact) mass is 532 g/mol. The second kappa shape index (κ2) is 12.0. The van der Waals surface area contributed by atoms with E-state index in [2.05, 4.69) is 15.0 Å². The van der Waals surface area contributed by atoms with Gasteiger partial charge in [0.2, 0.25) is 10.0 Å². The van der Waals surface area contributed by atoms with Gasteiger partial charge in [0.1, 0.15) is 5.75 Å². The van der Waals surface area contributed by atoms with Gasteiger partial charge in [-0.3, -0.25) is 0 Å². The summed E-state index contributed by atoms with van der Waals surface area (Å²) in [6.45, 7) is 3.93. The van der Waals surface area contributed by atoms with Gasteiger partial charge in [0, 0.05) is 20.1 Å². The van der Waals surface area contributed by atoms with Crippen LogP contribution in [0.25, 0.3) is 0 Å². The average molecular weight is 532 g/mol. The smallest absolute Gasteiger partial charge is 0.240 e. The largest absolute Gasteiger partial charge is 0.497 e. The highest BCUT2D eigenvalue weighted by atomic mass is 127. The molecule has 0 saturated heterocycles. The Kier molecular flexibility index (Phi) is 10.4. The first-order valence-electron chi connectivity index (χ1n) is 9.04. The van der Waals surface area contributed by atoms with Gasteiger partial charge in [-0.25, -0.2) is 18.1 Å². The number of aliphatic imine (C=N–C) groups is 1. The van der Waals surface area contributed by atoms with Crippen molar-refractivity contribution in [1.29, 1.82) is 0 Å². The highest BCUT2D eigenvalue weighted by Gasteiger charge is 2.11. The summed E-state index contributed by atoms with van der Waals surface area (Å²) in [6.07, 6.45) is 0. The Labute approximate surface area is 190 Å². The van der Waals surface area contributed by atoms with E-state index in [1.807, 2.05) is 43.1 Å². The van der Waals surface area contributed by atoms with E-state index in [0.29, 0.717) is 13.1 Å². The molecule has 0 aliphatic carbocycles. The van der Waals surface area contributed by atoms with Crippen molar-refractivity contribution >= 4 is 40.0 Å². The predicted molar refractivity (Wildman–Crippen MR) is 127 cm³/mol. The third-order valence-electron chi connectivity index (χ3n) is 4.19. The lowest BCUT2D eigenvalue weighted by molar-refractivity contribution is 0.414. The number of nitrogens with one attached hydrogen (secondary N) is 2. The van der Waals surface area contributed by atoms with Gasteiger partial charge in [-0.05, 0) is 49.4 Å². The fraction of sp³-hybridized carbons (Fsp3) is 0.350. The van der Waals surface area contributed by atoms with E-state index in [0.717, 1.165) is 29.4 Å². The Bertz CT molecular complexity index is 885. The number of rotatable bonds is 8. The third kappa shape index (κ3) is 7.48. The van der Waals surface area contributed by atoms with E-state index in [1.54, 1.807) is 31.4 Å². The number of guanidine groups is 1. The number of hydrogen-bond donors (Lipinski definition) is 2. The number of hydrogen-bond acceptors (Lipinski definition) is 4. The molecule has 0 unspecified atom stereocenters. The molecule has 160 valence electrons. The molecule has 0 heterocycles. The lowest BCUT2D eigenvalue weighted by Gasteiger charge is -2.22. The maximum atomic E-state index is 11.8. The summed E-state index contributed by atoms with van der Waals surface area (Å²) < 4.78 is 31.1. The average Bonchev–Trinajstić information content (AvgIpc) is 2.72. The molecule has 0 fully saturated rings. The van der Waals surface area contributed by atoms with Crippen LogP contribution >= 0.6 is 24.0 Å². The number of halogens is 1. The van der Waals surface area contributed by atoms with Gasteiger partial charge in [-0.1, -0.05) is 24.3 Å². The van der Waals surface area contributed by atoms with Crippen LogP contribution in [0.2, 0.25) is 0 Å². The quantitative estimate of drug-likeness (QED) is 0.311. The molecule has 29 heavy (non-hydrogen) atoms. The summed E-state index contributed by atoms with van der Waals surface area (Å²) in [5, 5.41) is 3.29. The van der Waals surface area contributed by atoms with Gasteiger partial charge in [-0.2, -0.15) is 0 Å². The minimum absolute atomic E-state index is 0. The SMILES string of the molecule is CCNC(=NCc1ccc(S(=O)(=O)NC)cc1)N(C)Cc1ccc(OC)cc1.I. The van der Waals surface area contributed by atoms with Crippen LogP contribution in [0.3, 0.4) is 0 Å². The normalized spacial score (nSPS) is 11.5. The Morgan fingerprint density at radius 1 is 1.07 bits per heavy atom. The summed E-state index contributed by atoms with van der Waals surface area (Å²) in [5.41, 5.74) is 2.08. The maximum absolute atomic E-state index is 11.8. The Balaban J connectivity index is 0.00000420. The first-order valence-corrected chi connectivity index (χ1v) is 10.5. The van der Waals surface area contributed by atoms with E-state index in [4.69, 9.17) is 4.74 Å². The van der Waals surface area contributed by atoms with Crippen molar-refractivity contribution in [2.24, 2.45) is 4.99 Å². The van der Waals surface area contributed by atoms with Crippen molar-refractivity contribution in [3.05, 3.63) is 59.7 Å². The van der Waals surface area contributed by atoms with Gasteiger partial charge in [0.05, 0.1) is 18.6 Å². The first kappa shape index (κ1) is 25.2. The van der Waals surface area contributed by atoms with E-state index in [-0.39, 0.29) is 28.9 Å². The second-order valence-corrected chi connectivity index (χ2v) is 8.11. The molecule has 0 spiro atoms. The molecule has 2 aromatic rings. The summed E-state index contributed by atoms with van der Waals surface area (Å²) >= 11 is 0.